The Hall–Kier alpha value is -1.68. The SMILES string of the molecule is CCOC(=O)c1csc(C2(c3ccccc3)CC2)n1. The summed E-state index contributed by atoms with van der Waals surface area (Å²) in [5.74, 6) is -0.325. The van der Waals surface area contributed by atoms with Crippen LogP contribution in [0.3, 0.4) is 0 Å². The van der Waals surface area contributed by atoms with Crippen molar-refractivity contribution >= 4 is 17.3 Å². The van der Waals surface area contributed by atoms with E-state index in [1.54, 1.807) is 23.6 Å². The molecule has 98 valence electrons. The molecule has 0 bridgehead atoms. The van der Waals surface area contributed by atoms with Crippen molar-refractivity contribution in [3.8, 4) is 0 Å². The standard InChI is InChI=1S/C15H15NO2S/c1-2-18-13(17)12-10-19-14(16-12)15(8-9-15)11-6-4-3-5-7-11/h3-7,10H,2,8-9H2,1H3. The van der Waals surface area contributed by atoms with E-state index >= 15 is 0 Å². The van der Waals surface area contributed by atoms with Crippen LogP contribution in [-0.2, 0) is 10.2 Å². The molecule has 0 N–H and O–H groups in total. The highest BCUT2D eigenvalue weighted by molar-refractivity contribution is 7.10. The van der Waals surface area contributed by atoms with Crippen LogP contribution in [-0.4, -0.2) is 17.6 Å². The van der Waals surface area contributed by atoms with Crippen LogP contribution in [0.25, 0.3) is 0 Å². The lowest BCUT2D eigenvalue weighted by Crippen LogP contribution is -2.10. The van der Waals surface area contributed by atoms with E-state index in [0.29, 0.717) is 12.3 Å². The summed E-state index contributed by atoms with van der Waals surface area (Å²) < 4.78 is 4.99. The van der Waals surface area contributed by atoms with Crippen molar-refractivity contribution in [2.24, 2.45) is 0 Å². The van der Waals surface area contributed by atoms with Crippen molar-refractivity contribution in [1.82, 2.24) is 4.98 Å². The first-order chi connectivity index (χ1) is 9.26. The second kappa shape index (κ2) is 4.78. The summed E-state index contributed by atoms with van der Waals surface area (Å²) in [5, 5.41) is 2.83. The lowest BCUT2D eigenvalue weighted by atomic mass is 9.97. The van der Waals surface area contributed by atoms with Crippen molar-refractivity contribution in [2.45, 2.75) is 25.2 Å². The zero-order valence-electron chi connectivity index (χ0n) is 10.8. The van der Waals surface area contributed by atoms with Crippen LogP contribution in [0.1, 0.15) is 40.8 Å². The molecular weight excluding hydrogens is 258 g/mol. The summed E-state index contributed by atoms with van der Waals surface area (Å²) in [5.41, 5.74) is 1.76. The molecule has 0 saturated heterocycles. The molecule has 4 heteroatoms. The lowest BCUT2D eigenvalue weighted by molar-refractivity contribution is 0.0520. The predicted molar refractivity (Wildman–Crippen MR) is 74.5 cm³/mol. The fraction of sp³-hybridized carbons (Fsp3) is 0.333. The number of esters is 1. The van der Waals surface area contributed by atoms with Crippen LogP contribution in [0.15, 0.2) is 35.7 Å². The number of aromatic nitrogens is 1. The summed E-state index contributed by atoms with van der Waals surface area (Å²) in [6, 6.07) is 10.4. The molecule has 3 rings (SSSR count). The average molecular weight is 273 g/mol. The summed E-state index contributed by atoms with van der Waals surface area (Å²) in [4.78, 5) is 16.1. The molecule has 1 fully saturated rings. The van der Waals surface area contributed by atoms with Gasteiger partial charge in [-0.2, -0.15) is 0 Å². The van der Waals surface area contributed by atoms with Crippen LogP contribution in [0.5, 0.6) is 0 Å². The molecule has 0 spiro atoms. The zero-order valence-corrected chi connectivity index (χ0v) is 11.6. The Balaban J connectivity index is 1.89. The number of nitrogens with zero attached hydrogens (tertiary/aromatic N) is 1. The number of carbonyl (C=O) groups excluding carboxylic acids is 1. The van der Waals surface area contributed by atoms with Gasteiger partial charge in [0.15, 0.2) is 5.69 Å². The molecule has 1 aromatic carbocycles. The van der Waals surface area contributed by atoms with Crippen molar-refractivity contribution < 1.29 is 9.53 Å². The third-order valence-corrected chi connectivity index (χ3v) is 4.52. The number of ether oxygens (including phenoxy) is 1. The number of hydrogen-bond donors (Lipinski definition) is 0. The van der Waals surface area contributed by atoms with E-state index in [2.05, 4.69) is 29.2 Å². The first-order valence-electron chi connectivity index (χ1n) is 6.45. The molecule has 3 nitrogen and oxygen atoms in total. The summed E-state index contributed by atoms with van der Waals surface area (Å²) in [7, 11) is 0. The molecule has 1 aliphatic carbocycles. The van der Waals surface area contributed by atoms with Crippen molar-refractivity contribution in [2.75, 3.05) is 6.61 Å². The Morgan fingerprint density at radius 2 is 2.11 bits per heavy atom. The molecule has 0 amide bonds. The molecule has 0 aliphatic heterocycles. The molecule has 2 aromatic rings. The number of benzene rings is 1. The lowest BCUT2D eigenvalue weighted by Gasteiger charge is -2.11. The van der Waals surface area contributed by atoms with E-state index in [1.165, 1.54) is 5.56 Å². The third kappa shape index (κ3) is 2.16. The molecule has 1 aromatic heterocycles. The highest BCUT2D eigenvalue weighted by Crippen LogP contribution is 2.54. The van der Waals surface area contributed by atoms with E-state index in [4.69, 9.17) is 4.74 Å². The minimum Gasteiger partial charge on any atom is -0.461 e. The Morgan fingerprint density at radius 3 is 2.74 bits per heavy atom. The van der Waals surface area contributed by atoms with Gasteiger partial charge in [-0.1, -0.05) is 30.3 Å². The average Bonchev–Trinajstić information content (AvgIpc) is 3.10. The first-order valence-corrected chi connectivity index (χ1v) is 7.33. The van der Waals surface area contributed by atoms with Crippen LogP contribution < -0.4 is 0 Å². The summed E-state index contributed by atoms with van der Waals surface area (Å²) in [6.45, 7) is 2.19. The van der Waals surface area contributed by atoms with Gasteiger partial charge in [-0.25, -0.2) is 9.78 Å². The van der Waals surface area contributed by atoms with E-state index in [-0.39, 0.29) is 11.4 Å². The van der Waals surface area contributed by atoms with E-state index < -0.39 is 0 Å². The molecule has 1 saturated carbocycles. The number of rotatable bonds is 4. The maximum atomic E-state index is 11.7. The first kappa shape index (κ1) is 12.4. The number of thiazole rings is 1. The number of carbonyl (C=O) groups is 1. The summed E-state index contributed by atoms with van der Waals surface area (Å²) >= 11 is 1.56. The normalized spacial score (nSPS) is 16.1. The van der Waals surface area contributed by atoms with Gasteiger partial charge in [0.25, 0.3) is 0 Å². The van der Waals surface area contributed by atoms with Gasteiger partial charge in [-0.15, -0.1) is 11.3 Å². The van der Waals surface area contributed by atoms with Gasteiger partial charge in [0.1, 0.15) is 5.01 Å². The van der Waals surface area contributed by atoms with Gasteiger partial charge in [0.05, 0.1) is 6.61 Å². The van der Waals surface area contributed by atoms with Gasteiger partial charge >= 0.3 is 5.97 Å². The van der Waals surface area contributed by atoms with Crippen LogP contribution in [0, 0.1) is 0 Å². The molecule has 19 heavy (non-hydrogen) atoms. The second-order valence-electron chi connectivity index (χ2n) is 4.71. The van der Waals surface area contributed by atoms with E-state index in [1.807, 2.05) is 6.07 Å². The van der Waals surface area contributed by atoms with Crippen LogP contribution in [0.4, 0.5) is 0 Å². The summed E-state index contributed by atoms with van der Waals surface area (Å²) in [6.07, 6.45) is 2.21. The molecule has 0 atom stereocenters. The molecular formula is C15H15NO2S. The van der Waals surface area contributed by atoms with Crippen LogP contribution in [0.2, 0.25) is 0 Å². The zero-order chi connectivity index (χ0) is 13.3. The minimum absolute atomic E-state index is 0.0384. The molecule has 0 radical (unpaired) electrons. The monoisotopic (exact) mass is 273 g/mol. The maximum absolute atomic E-state index is 11.7. The van der Waals surface area contributed by atoms with Gasteiger partial charge in [-0.05, 0) is 25.3 Å². The number of hydrogen-bond acceptors (Lipinski definition) is 4. The Bertz CT molecular complexity index is 587. The van der Waals surface area contributed by atoms with Crippen molar-refractivity contribution in [3.63, 3.8) is 0 Å². The maximum Gasteiger partial charge on any atom is 0.357 e. The largest absolute Gasteiger partial charge is 0.461 e. The molecule has 1 heterocycles. The highest BCUT2D eigenvalue weighted by atomic mass is 32.1. The smallest absolute Gasteiger partial charge is 0.357 e. The molecule has 0 unspecified atom stereocenters. The fourth-order valence-corrected chi connectivity index (χ4v) is 3.37. The van der Waals surface area contributed by atoms with Gasteiger partial charge < -0.3 is 4.74 Å². The van der Waals surface area contributed by atoms with Crippen molar-refractivity contribution in [3.05, 3.63) is 52.0 Å². The van der Waals surface area contributed by atoms with E-state index in [9.17, 15) is 4.79 Å². The van der Waals surface area contributed by atoms with Crippen LogP contribution >= 0.6 is 11.3 Å². The highest BCUT2D eigenvalue weighted by Gasteiger charge is 2.48. The van der Waals surface area contributed by atoms with Crippen molar-refractivity contribution in [1.29, 1.82) is 0 Å². The van der Waals surface area contributed by atoms with Gasteiger partial charge in [-0.3, -0.25) is 0 Å². The Kier molecular flexibility index (Phi) is 3.11. The Morgan fingerprint density at radius 1 is 1.37 bits per heavy atom. The Labute approximate surface area is 116 Å². The topological polar surface area (TPSA) is 39.2 Å². The van der Waals surface area contributed by atoms with Gasteiger partial charge in [0.2, 0.25) is 0 Å². The second-order valence-corrected chi connectivity index (χ2v) is 5.56. The fourth-order valence-electron chi connectivity index (χ4n) is 2.30. The third-order valence-electron chi connectivity index (χ3n) is 3.47. The molecule has 1 aliphatic rings. The van der Waals surface area contributed by atoms with E-state index in [0.717, 1.165) is 17.8 Å². The minimum atomic E-state index is -0.325. The van der Waals surface area contributed by atoms with Gasteiger partial charge in [0, 0.05) is 10.8 Å². The quantitative estimate of drug-likeness (QED) is 0.801. The predicted octanol–water partition coefficient (Wildman–Crippen LogP) is 3.40.